The minimum absolute atomic E-state index is 0.261. The average molecular weight is 810 g/mol. The third kappa shape index (κ3) is 7.90. The van der Waals surface area contributed by atoms with Crippen LogP contribution in [0.1, 0.15) is 86.2 Å². The topological polar surface area (TPSA) is 101 Å². The van der Waals surface area contributed by atoms with E-state index >= 15 is 0 Å². The molecule has 12 heteroatoms. The molecule has 1 saturated carbocycles. The van der Waals surface area contributed by atoms with Gasteiger partial charge >= 0.3 is 0 Å². The maximum absolute atomic E-state index is 14.1. The Morgan fingerprint density at radius 1 is 1.02 bits per heavy atom. The summed E-state index contributed by atoms with van der Waals surface area (Å²) < 4.78 is 49.6. The molecule has 2 aromatic carbocycles. The summed E-state index contributed by atoms with van der Waals surface area (Å²) in [5.41, 5.74) is 2.89. The van der Waals surface area contributed by atoms with Gasteiger partial charge in [-0.2, -0.15) is 0 Å². The number of anilines is 1. The van der Waals surface area contributed by atoms with E-state index in [0.717, 1.165) is 82.1 Å². The lowest BCUT2D eigenvalue weighted by molar-refractivity contribution is -0.100. The van der Waals surface area contributed by atoms with Crippen molar-refractivity contribution >= 4 is 33.2 Å². The highest BCUT2D eigenvalue weighted by Crippen LogP contribution is 2.49. The van der Waals surface area contributed by atoms with E-state index in [0.29, 0.717) is 36.3 Å². The van der Waals surface area contributed by atoms with Crippen LogP contribution in [0.3, 0.4) is 0 Å². The SMILES string of the molecule is COCC[C@@H]1[C@@H](C)C/C=C\[C@@](CN2CCN3CCCC[C@@H]3C2)(OC)[C@@H]2CC[C@H]2CN2C[C@@]3(CCCc4cc(Cl)ccc43)COc3ccc(cc32)C(=O)NS1(=O)=O. The van der Waals surface area contributed by atoms with Crippen LogP contribution in [0.15, 0.2) is 48.6 Å². The van der Waals surface area contributed by atoms with Crippen LogP contribution < -0.4 is 14.4 Å². The Bertz CT molecular complexity index is 1890. The number of rotatable bonds is 6. The Labute approximate surface area is 339 Å². The Morgan fingerprint density at radius 2 is 1.89 bits per heavy atom. The molecule has 4 aliphatic heterocycles. The second-order valence-electron chi connectivity index (χ2n) is 17.7. The first-order chi connectivity index (χ1) is 27.0. The van der Waals surface area contributed by atoms with Crippen molar-refractivity contribution in [3.63, 3.8) is 0 Å². The molecule has 2 saturated heterocycles. The van der Waals surface area contributed by atoms with E-state index in [9.17, 15) is 13.2 Å². The van der Waals surface area contributed by atoms with Gasteiger partial charge in [0.25, 0.3) is 5.91 Å². The molecule has 306 valence electrons. The second kappa shape index (κ2) is 16.5. The van der Waals surface area contributed by atoms with Crippen LogP contribution in [-0.2, 0) is 31.3 Å². The van der Waals surface area contributed by atoms with E-state index in [1.807, 2.05) is 32.2 Å². The Balaban J connectivity index is 1.20. The highest BCUT2D eigenvalue weighted by Gasteiger charge is 2.50. The summed E-state index contributed by atoms with van der Waals surface area (Å²) in [6.07, 6.45) is 14.2. The van der Waals surface area contributed by atoms with Gasteiger partial charge in [-0.1, -0.05) is 43.2 Å². The van der Waals surface area contributed by atoms with Crippen molar-refractivity contribution in [2.24, 2.45) is 17.8 Å². The molecule has 0 unspecified atom stereocenters. The molecular formula is C44H61ClN4O6S. The zero-order valence-electron chi connectivity index (χ0n) is 33.5. The Morgan fingerprint density at radius 3 is 2.70 bits per heavy atom. The number of sulfonamides is 1. The Hall–Kier alpha value is -2.67. The zero-order chi connectivity index (χ0) is 39.1. The summed E-state index contributed by atoms with van der Waals surface area (Å²) in [7, 11) is -0.608. The van der Waals surface area contributed by atoms with E-state index in [1.54, 1.807) is 13.2 Å². The zero-order valence-corrected chi connectivity index (χ0v) is 35.1. The van der Waals surface area contributed by atoms with Gasteiger partial charge in [-0.25, -0.2) is 13.1 Å². The van der Waals surface area contributed by atoms with Crippen LogP contribution >= 0.6 is 11.6 Å². The minimum atomic E-state index is -4.06. The number of carbonyl (C=O) groups is 1. The summed E-state index contributed by atoms with van der Waals surface area (Å²) in [5.74, 6) is 0.424. The molecule has 2 aromatic rings. The van der Waals surface area contributed by atoms with Crippen molar-refractivity contribution in [1.29, 1.82) is 0 Å². The number of allylic oxidation sites excluding steroid dienone is 1. The first-order valence-electron chi connectivity index (χ1n) is 21.1. The van der Waals surface area contributed by atoms with E-state index in [4.69, 9.17) is 25.8 Å². The van der Waals surface area contributed by atoms with Gasteiger partial charge < -0.3 is 19.1 Å². The summed E-state index contributed by atoms with van der Waals surface area (Å²) in [5, 5.41) is -0.0728. The first-order valence-corrected chi connectivity index (χ1v) is 23.0. The number of methoxy groups -OCH3 is 2. The van der Waals surface area contributed by atoms with Crippen molar-refractivity contribution < 1.29 is 27.4 Å². The summed E-state index contributed by atoms with van der Waals surface area (Å²) in [6.45, 7) is 9.41. The van der Waals surface area contributed by atoms with Gasteiger partial charge in [0, 0.05) is 82.1 Å². The molecule has 1 N–H and O–H groups in total. The van der Waals surface area contributed by atoms with Crippen LogP contribution in [0, 0.1) is 17.8 Å². The van der Waals surface area contributed by atoms with Crippen molar-refractivity contribution in [3.8, 4) is 5.75 Å². The molecule has 10 nitrogen and oxygen atoms in total. The number of nitrogens with zero attached hydrogens (tertiary/aromatic N) is 3. The lowest BCUT2D eigenvalue weighted by atomic mass is 9.63. The molecule has 56 heavy (non-hydrogen) atoms. The van der Waals surface area contributed by atoms with Gasteiger partial charge in [0.2, 0.25) is 10.0 Å². The first kappa shape index (κ1) is 40.1. The number of aryl methyl sites for hydroxylation is 1. The number of ether oxygens (including phenoxy) is 3. The molecule has 6 aliphatic rings. The quantitative estimate of drug-likeness (QED) is 0.330. The molecule has 3 fully saturated rings. The monoisotopic (exact) mass is 808 g/mol. The molecule has 1 amide bonds. The van der Waals surface area contributed by atoms with E-state index in [1.165, 1.54) is 36.9 Å². The van der Waals surface area contributed by atoms with Crippen LogP contribution in [-0.4, -0.2) is 114 Å². The number of nitrogens with one attached hydrogen (secondary N) is 1. The Kier molecular flexibility index (Phi) is 11.8. The molecule has 0 radical (unpaired) electrons. The maximum atomic E-state index is 14.1. The number of hydrogen-bond donors (Lipinski definition) is 1. The molecular weight excluding hydrogens is 748 g/mol. The van der Waals surface area contributed by atoms with Crippen LogP contribution in [0.2, 0.25) is 5.02 Å². The smallest absolute Gasteiger partial charge is 0.264 e. The van der Waals surface area contributed by atoms with Crippen LogP contribution in [0.4, 0.5) is 5.69 Å². The fraction of sp³-hybridized carbons (Fsp3) is 0.659. The lowest BCUT2D eigenvalue weighted by Crippen LogP contribution is -2.61. The maximum Gasteiger partial charge on any atom is 0.264 e. The highest BCUT2D eigenvalue weighted by molar-refractivity contribution is 7.90. The van der Waals surface area contributed by atoms with Gasteiger partial charge in [-0.3, -0.25) is 14.6 Å². The lowest BCUT2D eigenvalue weighted by Gasteiger charge is -2.53. The average Bonchev–Trinajstić information content (AvgIpc) is 3.32. The third-order valence-electron chi connectivity index (χ3n) is 14.4. The van der Waals surface area contributed by atoms with Gasteiger partial charge in [0.15, 0.2) is 0 Å². The molecule has 0 aromatic heterocycles. The van der Waals surface area contributed by atoms with Crippen molar-refractivity contribution in [2.45, 2.75) is 93.4 Å². The number of piperidine rings is 1. The normalized spacial score (nSPS) is 34.2. The number of halogens is 1. The summed E-state index contributed by atoms with van der Waals surface area (Å²) in [6, 6.07) is 12.3. The van der Waals surface area contributed by atoms with E-state index in [-0.39, 0.29) is 30.3 Å². The number of hydrogen-bond acceptors (Lipinski definition) is 9. The number of benzene rings is 2. The van der Waals surface area contributed by atoms with Crippen LogP contribution in [0.5, 0.6) is 5.75 Å². The predicted molar refractivity (Wildman–Crippen MR) is 221 cm³/mol. The molecule has 2 aliphatic carbocycles. The molecule has 1 spiro atoms. The third-order valence-corrected chi connectivity index (χ3v) is 16.6. The number of amides is 1. The van der Waals surface area contributed by atoms with Crippen molar-refractivity contribution in [1.82, 2.24) is 14.5 Å². The second-order valence-corrected chi connectivity index (χ2v) is 20.1. The van der Waals surface area contributed by atoms with Crippen molar-refractivity contribution in [3.05, 3.63) is 70.3 Å². The van der Waals surface area contributed by atoms with E-state index in [2.05, 4.69) is 43.7 Å². The summed E-state index contributed by atoms with van der Waals surface area (Å²) >= 11 is 6.53. The molecule has 4 heterocycles. The van der Waals surface area contributed by atoms with Gasteiger partial charge in [-0.05, 0) is 124 Å². The van der Waals surface area contributed by atoms with Crippen LogP contribution in [0.25, 0.3) is 0 Å². The number of piperazine rings is 1. The van der Waals surface area contributed by atoms with Gasteiger partial charge in [0.1, 0.15) is 11.4 Å². The number of fused-ring (bicyclic) bond motifs is 5. The standard InChI is InChI=1S/C44H61ClN4O6S/c1-31-8-6-19-44(54-3,29-47-21-22-48-20-5-4-10-36(48)27-47)38-14-11-34(38)26-49-28-43(18-7-9-32-24-35(45)13-15-37(32)43)30-55-40-16-12-33(25-39(40)49)42(50)46-56(51,52)41(31)17-23-53-2/h6,12-13,15-16,19,24-25,31,34,36,38,41H,4-5,7-11,14,17-18,20-23,26-30H2,1-3H3,(H,46,50)/b19-6-/t31-,34-,36+,38+,41+,43-,44-/m0/s1. The number of carbonyl (C=O) groups excluding carboxylic acids is 1. The fourth-order valence-corrected chi connectivity index (χ4v) is 13.0. The summed E-state index contributed by atoms with van der Waals surface area (Å²) in [4.78, 5) is 21.7. The fourth-order valence-electron chi connectivity index (χ4n) is 11.1. The largest absolute Gasteiger partial charge is 0.490 e. The molecule has 7 atom stereocenters. The molecule has 8 rings (SSSR count). The van der Waals surface area contributed by atoms with Crippen molar-refractivity contribution in [2.75, 3.05) is 78.1 Å². The van der Waals surface area contributed by atoms with E-state index < -0.39 is 26.8 Å². The van der Waals surface area contributed by atoms with Gasteiger partial charge in [-0.15, -0.1) is 0 Å². The molecule has 2 bridgehead atoms. The highest BCUT2D eigenvalue weighted by atomic mass is 35.5. The van der Waals surface area contributed by atoms with Gasteiger partial charge in [0.05, 0.1) is 17.5 Å². The minimum Gasteiger partial charge on any atom is -0.490 e. The predicted octanol–water partition coefficient (Wildman–Crippen LogP) is 6.46.